The molecule has 0 N–H and O–H groups in total. The quantitative estimate of drug-likeness (QED) is 0.301. The first kappa shape index (κ1) is 21.7. The van der Waals surface area contributed by atoms with Crippen LogP contribution in [-0.2, 0) is 11.3 Å². The second-order valence-corrected chi connectivity index (χ2v) is 7.98. The van der Waals surface area contributed by atoms with Gasteiger partial charge in [0.15, 0.2) is 0 Å². The molecular formula is C24H21ClN4O3. The molecule has 1 amide bonds. The van der Waals surface area contributed by atoms with Crippen molar-refractivity contribution in [1.29, 1.82) is 0 Å². The second-order valence-electron chi connectivity index (χ2n) is 7.55. The lowest BCUT2D eigenvalue weighted by atomic mass is 10.1. The zero-order valence-electron chi connectivity index (χ0n) is 17.4. The van der Waals surface area contributed by atoms with E-state index in [0.717, 1.165) is 11.1 Å². The van der Waals surface area contributed by atoms with Gasteiger partial charge in [-0.05, 0) is 35.7 Å². The molecule has 1 unspecified atom stereocenters. The topological polar surface area (TPSA) is 79.0 Å². The average Bonchev–Trinajstić information content (AvgIpc) is 3.09. The zero-order chi connectivity index (χ0) is 22.7. The fraction of sp³-hybridized carbons (Fsp3) is 0.167. The number of non-ortho nitro benzene ring substituents is 1. The summed E-state index contributed by atoms with van der Waals surface area (Å²) in [4.78, 5) is 25.9. The fourth-order valence-electron chi connectivity index (χ4n) is 3.76. The number of hydrogen-bond acceptors (Lipinski definition) is 5. The van der Waals surface area contributed by atoms with Crippen LogP contribution in [0.2, 0.25) is 5.02 Å². The Kier molecular flexibility index (Phi) is 6.30. The van der Waals surface area contributed by atoms with Gasteiger partial charge in [0.2, 0.25) is 0 Å². The molecule has 1 saturated heterocycles. The van der Waals surface area contributed by atoms with E-state index in [0.29, 0.717) is 22.8 Å². The predicted octanol–water partition coefficient (Wildman–Crippen LogP) is 5.02. The van der Waals surface area contributed by atoms with E-state index in [-0.39, 0.29) is 18.1 Å². The lowest BCUT2D eigenvalue weighted by Gasteiger charge is -2.27. The molecule has 3 aromatic carbocycles. The third-order valence-corrected chi connectivity index (χ3v) is 5.55. The van der Waals surface area contributed by atoms with Gasteiger partial charge < -0.3 is 0 Å². The maximum Gasteiger partial charge on any atom is 0.269 e. The zero-order valence-corrected chi connectivity index (χ0v) is 18.1. The number of carbonyl (C=O) groups is 1. The number of hydrogen-bond donors (Lipinski definition) is 0. The molecule has 1 aliphatic heterocycles. The maximum atomic E-state index is 13.0. The van der Waals surface area contributed by atoms with Crippen molar-refractivity contribution in [2.75, 3.05) is 6.54 Å². The summed E-state index contributed by atoms with van der Waals surface area (Å²) in [5, 5.41) is 18.0. The normalized spacial score (nSPS) is 17.1. The van der Waals surface area contributed by atoms with Crippen LogP contribution in [0, 0.1) is 10.1 Å². The van der Waals surface area contributed by atoms with Gasteiger partial charge in [0.1, 0.15) is 6.17 Å². The molecule has 0 radical (unpaired) electrons. The van der Waals surface area contributed by atoms with Crippen LogP contribution in [0.4, 0.5) is 5.69 Å². The van der Waals surface area contributed by atoms with Crippen molar-refractivity contribution in [2.24, 2.45) is 5.10 Å². The molecule has 1 aliphatic rings. The number of hydrazone groups is 1. The van der Waals surface area contributed by atoms with Crippen LogP contribution in [0.5, 0.6) is 0 Å². The smallest absolute Gasteiger partial charge is 0.269 e. The number of benzene rings is 3. The Hall–Kier alpha value is -3.55. The number of nitrogens with zero attached hydrogens (tertiary/aromatic N) is 4. The van der Waals surface area contributed by atoms with E-state index in [1.807, 2.05) is 54.3 Å². The molecule has 4 rings (SSSR count). The van der Waals surface area contributed by atoms with Crippen molar-refractivity contribution in [1.82, 2.24) is 9.91 Å². The lowest BCUT2D eigenvalue weighted by Crippen LogP contribution is -2.29. The first-order valence-corrected chi connectivity index (χ1v) is 10.5. The molecule has 0 spiro atoms. The largest absolute Gasteiger partial charge is 0.271 e. The lowest BCUT2D eigenvalue weighted by molar-refractivity contribution is -0.385. The highest BCUT2D eigenvalue weighted by Gasteiger charge is 2.39. The summed E-state index contributed by atoms with van der Waals surface area (Å²) in [6.07, 6.45) is -0.565. The van der Waals surface area contributed by atoms with Crippen LogP contribution in [0.15, 0.2) is 84.0 Å². The maximum absolute atomic E-state index is 13.0. The van der Waals surface area contributed by atoms with Gasteiger partial charge >= 0.3 is 0 Å². The Labute approximate surface area is 190 Å². The molecule has 162 valence electrons. The fourth-order valence-corrected chi connectivity index (χ4v) is 3.88. The molecule has 0 aromatic heterocycles. The second kappa shape index (κ2) is 9.30. The van der Waals surface area contributed by atoms with E-state index < -0.39 is 11.1 Å². The average molecular weight is 449 g/mol. The highest BCUT2D eigenvalue weighted by molar-refractivity contribution is 6.30. The number of nitro groups is 1. The van der Waals surface area contributed by atoms with Crippen LogP contribution >= 0.6 is 11.6 Å². The van der Waals surface area contributed by atoms with E-state index in [9.17, 15) is 14.9 Å². The molecule has 7 nitrogen and oxygen atoms in total. The Morgan fingerprint density at radius 2 is 1.81 bits per heavy atom. The van der Waals surface area contributed by atoms with E-state index in [2.05, 4.69) is 5.10 Å². The summed E-state index contributed by atoms with van der Waals surface area (Å²) in [7, 11) is 0. The molecule has 3 aromatic rings. The van der Waals surface area contributed by atoms with Gasteiger partial charge in [0.05, 0.1) is 17.2 Å². The van der Waals surface area contributed by atoms with Gasteiger partial charge in [-0.1, -0.05) is 66.2 Å². The highest BCUT2D eigenvalue weighted by Crippen LogP contribution is 2.34. The van der Waals surface area contributed by atoms with E-state index >= 15 is 0 Å². The Morgan fingerprint density at radius 1 is 1.09 bits per heavy atom. The Balaban J connectivity index is 1.74. The molecule has 0 aliphatic carbocycles. The van der Waals surface area contributed by atoms with Crippen molar-refractivity contribution in [2.45, 2.75) is 19.6 Å². The molecular weight excluding hydrogens is 428 g/mol. The number of amides is 1. The summed E-state index contributed by atoms with van der Waals surface area (Å²) >= 11 is 5.98. The molecule has 0 saturated carbocycles. The minimum Gasteiger partial charge on any atom is -0.271 e. The first-order valence-electron chi connectivity index (χ1n) is 10.1. The van der Waals surface area contributed by atoms with E-state index in [1.54, 1.807) is 24.3 Å². The van der Waals surface area contributed by atoms with Crippen LogP contribution in [-0.4, -0.2) is 33.0 Å². The molecule has 32 heavy (non-hydrogen) atoms. The summed E-state index contributed by atoms with van der Waals surface area (Å²) in [6, 6.07) is 23.4. The number of nitro benzene ring substituents is 1. The molecule has 8 heteroatoms. The SMILES string of the molecule is CC(=NN1C(=O)CN(Cc2ccccc2)C1c1cccc([N+](=O)[O-])c1)c1ccc(Cl)cc1. The van der Waals surface area contributed by atoms with Crippen LogP contribution in [0.25, 0.3) is 0 Å². The van der Waals surface area contributed by atoms with Crippen LogP contribution in [0.1, 0.15) is 29.8 Å². The molecule has 1 atom stereocenters. The Morgan fingerprint density at radius 3 is 2.50 bits per heavy atom. The summed E-state index contributed by atoms with van der Waals surface area (Å²) in [5.41, 5.74) is 3.12. The van der Waals surface area contributed by atoms with Crippen molar-refractivity contribution in [3.05, 3.63) is 111 Å². The monoisotopic (exact) mass is 448 g/mol. The third-order valence-electron chi connectivity index (χ3n) is 5.30. The van der Waals surface area contributed by atoms with Gasteiger partial charge in [-0.3, -0.25) is 19.8 Å². The summed E-state index contributed by atoms with van der Waals surface area (Å²) < 4.78 is 0. The number of rotatable bonds is 6. The number of carbonyl (C=O) groups excluding carboxylic acids is 1. The minimum absolute atomic E-state index is 0.0279. The molecule has 0 bridgehead atoms. The predicted molar refractivity (Wildman–Crippen MR) is 123 cm³/mol. The van der Waals surface area contributed by atoms with Crippen LogP contribution in [0.3, 0.4) is 0 Å². The van der Waals surface area contributed by atoms with Crippen LogP contribution < -0.4 is 0 Å². The van der Waals surface area contributed by atoms with Gasteiger partial charge in [-0.2, -0.15) is 5.10 Å². The van der Waals surface area contributed by atoms with Crippen molar-refractivity contribution in [3.8, 4) is 0 Å². The van der Waals surface area contributed by atoms with E-state index in [4.69, 9.17) is 11.6 Å². The van der Waals surface area contributed by atoms with Crippen molar-refractivity contribution < 1.29 is 9.72 Å². The standard InChI is InChI=1S/C24H21ClN4O3/c1-17(19-10-12-21(25)13-11-19)26-28-23(30)16-27(15-18-6-3-2-4-7-18)24(28)20-8-5-9-22(14-20)29(31)32/h2-14,24H,15-16H2,1H3. The molecule has 1 fully saturated rings. The minimum atomic E-state index is -0.565. The third kappa shape index (κ3) is 4.69. The summed E-state index contributed by atoms with van der Waals surface area (Å²) in [5.74, 6) is -0.175. The Bertz CT molecular complexity index is 1170. The van der Waals surface area contributed by atoms with Gasteiger partial charge in [-0.25, -0.2) is 5.01 Å². The number of halogens is 1. The summed E-state index contributed by atoms with van der Waals surface area (Å²) in [6.45, 7) is 2.48. The van der Waals surface area contributed by atoms with Gasteiger partial charge in [-0.15, -0.1) is 0 Å². The van der Waals surface area contributed by atoms with Gasteiger partial charge in [0.25, 0.3) is 11.6 Å². The van der Waals surface area contributed by atoms with Gasteiger partial charge in [0, 0.05) is 23.7 Å². The van der Waals surface area contributed by atoms with Crippen molar-refractivity contribution in [3.63, 3.8) is 0 Å². The molecule has 1 heterocycles. The van der Waals surface area contributed by atoms with E-state index in [1.165, 1.54) is 17.1 Å². The highest BCUT2D eigenvalue weighted by atomic mass is 35.5. The van der Waals surface area contributed by atoms with Crippen molar-refractivity contribution >= 4 is 28.9 Å². The first-order chi connectivity index (χ1) is 15.4.